The number of halogens is 3. The zero-order valence-corrected chi connectivity index (χ0v) is 11.7. The molecule has 0 amide bonds. The summed E-state index contributed by atoms with van der Waals surface area (Å²) in [5, 5.41) is 11.4. The molecule has 10 heteroatoms. The van der Waals surface area contributed by atoms with Crippen molar-refractivity contribution in [3.63, 3.8) is 0 Å². The molecule has 0 radical (unpaired) electrons. The minimum Gasteiger partial charge on any atom is -0.494 e. The highest BCUT2D eigenvalue weighted by Crippen LogP contribution is 2.34. The first-order valence-corrected chi connectivity index (χ1v) is 5.76. The molecule has 0 unspecified atom stereocenters. The quantitative estimate of drug-likeness (QED) is 0.476. The Morgan fingerprint density at radius 3 is 2.48 bits per heavy atom. The van der Waals surface area contributed by atoms with Gasteiger partial charge in [0.05, 0.1) is 17.2 Å². The van der Waals surface area contributed by atoms with E-state index in [0.717, 1.165) is 0 Å². The van der Waals surface area contributed by atoms with Crippen LogP contribution in [-0.4, -0.2) is 24.8 Å². The van der Waals surface area contributed by atoms with Gasteiger partial charge in [-0.2, -0.15) is 5.26 Å². The Bertz CT molecular complexity index is 657. The summed E-state index contributed by atoms with van der Waals surface area (Å²) in [4.78, 5) is 29.6. The van der Waals surface area contributed by atoms with Crippen LogP contribution < -0.4 is 4.74 Å². The SMILES string of the molecule is COc1c(Cl)ccc(Cl)c1C(=O)O/N=C(\C#N)C(=O)OF. The molecule has 0 saturated carbocycles. The van der Waals surface area contributed by atoms with E-state index in [9.17, 15) is 14.1 Å². The maximum absolute atomic E-state index is 11.8. The zero-order valence-electron chi connectivity index (χ0n) is 10.2. The van der Waals surface area contributed by atoms with E-state index in [2.05, 4.69) is 14.9 Å². The zero-order chi connectivity index (χ0) is 16.0. The van der Waals surface area contributed by atoms with Gasteiger partial charge in [-0.15, -0.1) is 0 Å². The van der Waals surface area contributed by atoms with Crippen LogP contribution in [0.25, 0.3) is 0 Å². The van der Waals surface area contributed by atoms with Crippen molar-refractivity contribution in [3.8, 4) is 11.8 Å². The van der Waals surface area contributed by atoms with Gasteiger partial charge >= 0.3 is 11.9 Å². The van der Waals surface area contributed by atoms with Crippen molar-refractivity contribution in [1.29, 1.82) is 5.26 Å². The van der Waals surface area contributed by atoms with E-state index in [4.69, 9.17) is 33.2 Å². The van der Waals surface area contributed by atoms with Gasteiger partial charge < -0.3 is 9.57 Å². The van der Waals surface area contributed by atoms with Gasteiger partial charge in [0.15, 0.2) is 5.75 Å². The number of carbonyl (C=O) groups is 2. The molecule has 21 heavy (non-hydrogen) atoms. The van der Waals surface area contributed by atoms with E-state index in [-0.39, 0.29) is 21.4 Å². The van der Waals surface area contributed by atoms with E-state index in [1.807, 2.05) is 0 Å². The van der Waals surface area contributed by atoms with Gasteiger partial charge in [-0.05, 0) is 12.1 Å². The highest BCUT2D eigenvalue weighted by Gasteiger charge is 2.22. The minimum absolute atomic E-state index is 0.0666. The summed E-state index contributed by atoms with van der Waals surface area (Å²) >= 11 is 11.6. The van der Waals surface area contributed by atoms with Crippen LogP contribution in [0, 0.1) is 11.3 Å². The lowest BCUT2D eigenvalue weighted by molar-refractivity contribution is -0.174. The molecular weight excluding hydrogens is 330 g/mol. The number of carbonyl (C=O) groups excluding carboxylic acids is 2. The third-order valence-electron chi connectivity index (χ3n) is 2.06. The summed E-state index contributed by atoms with van der Waals surface area (Å²) in [5.41, 5.74) is -1.38. The van der Waals surface area contributed by atoms with E-state index in [1.165, 1.54) is 25.3 Å². The largest absolute Gasteiger partial charge is 0.494 e. The average Bonchev–Trinajstić information content (AvgIpc) is 2.49. The molecule has 110 valence electrons. The first-order valence-electron chi connectivity index (χ1n) is 5.00. The number of benzene rings is 1. The molecule has 0 heterocycles. The number of hydrogen-bond donors (Lipinski definition) is 0. The van der Waals surface area contributed by atoms with Gasteiger partial charge in [-0.3, -0.25) is 0 Å². The normalized spacial score (nSPS) is 10.5. The Morgan fingerprint density at radius 2 is 1.95 bits per heavy atom. The summed E-state index contributed by atoms with van der Waals surface area (Å²) < 4.78 is 16.5. The summed E-state index contributed by atoms with van der Waals surface area (Å²) in [6.45, 7) is 0. The van der Waals surface area contributed by atoms with Crippen molar-refractivity contribution < 1.29 is 28.6 Å². The lowest BCUT2D eigenvalue weighted by atomic mass is 10.2. The highest BCUT2D eigenvalue weighted by atomic mass is 35.5. The molecule has 0 aliphatic carbocycles. The molecule has 0 saturated heterocycles. The number of ether oxygens (including phenoxy) is 1. The van der Waals surface area contributed by atoms with Crippen LogP contribution in [0.15, 0.2) is 17.3 Å². The third kappa shape index (κ3) is 3.81. The predicted molar refractivity (Wildman–Crippen MR) is 68.7 cm³/mol. The van der Waals surface area contributed by atoms with Crippen LogP contribution in [0.2, 0.25) is 10.0 Å². The fraction of sp³-hybridized carbons (Fsp3) is 0.0909. The predicted octanol–water partition coefficient (Wildman–Crippen LogP) is 2.47. The van der Waals surface area contributed by atoms with Crippen LogP contribution in [0.4, 0.5) is 4.53 Å². The van der Waals surface area contributed by atoms with Gasteiger partial charge in [0.2, 0.25) is 0 Å². The topological polar surface area (TPSA) is 98.0 Å². The van der Waals surface area contributed by atoms with Gasteiger partial charge in [0, 0.05) is 4.53 Å². The molecule has 1 aromatic carbocycles. The van der Waals surface area contributed by atoms with Crippen LogP contribution in [0.1, 0.15) is 10.4 Å². The minimum atomic E-state index is -1.71. The molecule has 0 aliphatic heterocycles. The van der Waals surface area contributed by atoms with Crippen molar-refractivity contribution >= 4 is 40.9 Å². The number of nitriles is 1. The first-order chi connectivity index (χ1) is 9.96. The second-order valence-corrected chi connectivity index (χ2v) is 4.05. The monoisotopic (exact) mass is 334 g/mol. The lowest BCUT2D eigenvalue weighted by Crippen LogP contribution is -2.14. The number of rotatable bonds is 4. The molecule has 0 aliphatic rings. The maximum Gasteiger partial charge on any atom is 0.411 e. The smallest absolute Gasteiger partial charge is 0.411 e. The summed E-state index contributed by atoms with van der Waals surface area (Å²) in [6.07, 6.45) is 0. The molecule has 7 nitrogen and oxygen atoms in total. The van der Waals surface area contributed by atoms with Crippen LogP contribution in [-0.2, 0) is 14.6 Å². The second-order valence-electron chi connectivity index (χ2n) is 3.23. The Labute approximate surface area is 127 Å². The van der Waals surface area contributed by atoms with Gasteiger partial charge in [0.1, 0.15) is 11.6 Å². The van der Waals surface area contributed by atoms with Crippen molar-refractivity contribution in [2.75, 3.05) is 7.11 Å². The molecule has 0 fully saturated rings. The Morgan fingerprint density at radius 1 is 1.33 bits per heavy atom. The molecule has 0 N–H and O–H groups in total. The Kier molecular flexibility index (Phi) is 5.90. The molecule has 0 bridgehead atoms. The Balaban J connectivity index is 3.12. The third-order valence-corrected chi connectivity index (χ3v) is 2.67. The Hall–Kier alpha value is -2.37. The number of oxime groups is 1. The summed E-state index contributed by atoms with van der Waals surface area (Å²) in [6, 6.07) is 3.86. The molecule has 0 atom stereocenters. The standard InChI is InChI=1S/C11H5Cl2FN2O5/c1-19-9-6(13)3-2-5(12)8(9)11(18)21-16-7(4-15)10(17)20-14/h2-3H,1H3/b16-7+. The van der Waals surface area contributed by atoms with E-state index in [0.29, 0.717) is 0 Å². The fourth-order valence-corrected chi connectivity index (χ4v) is 1.66. The molecule has 1 rings (SSSR count). The van der Waals surface area contributed by atoms with Crippen molar-refractivity contribution in [2.24, 2.45) is 5.16 Å². The first kappa shape index (κ1) is 16.7. The average molecular weight is 335 g/mol. The van der Waals surface area contributed by atoms with E-state index < -0.39 is 17.7 Å². The number of hydrogen-bond acceptors (Lipinski definition) is 7. The maximum atomic E-state index is 11.8. The van der Waals surface area contributed by atoms with Crippen molar-refractivity contribution in [2.45, 2.75) is 0 Å². The molecule has 0 spiro atoms. The van der Waals surface area contributed by atoms with Crippen LogP contribution in [0.5, 0.6) is 5.75 Å². The van der Waals surface area contributed by atoms with E-state index in [1.54, 1.807) is 0 Å². The summed E-state index contributed by atoms with van der Waals surface area (Å²) in [7, 11) is 1.23. The van der Waals surface area contributed by atoms with Gasteiger partial charge in [0.25, 0.3) is 5.71 Å². The second kappa shape index (κ2) is 7.42. The van der Waals surface area contributed by atoms with Crippen molar-refractivity contribution in [3.05, 3.63) is 27.7 Å². The molecule has 1 aromatic rings. The van der Waals surface area contributed by atoms with Crippen LogP contribution >= 0.6 is 23.2 Å². The lowest BCUT2D eigenvalue weighted by Gasteiger charge is -2.09. The summed E-state index contributed by atoms with van der Waals surface area (Å²) in [5.74, 6) is -2.97. The number of methoxy groups -OCH3 is 1. The van der Waals surface area contributed by atoms with Crippen molar-refractivity contribution in [1.82, 2.24) is 0 Å². The van der Waals surface area contributed by atoms with E-state index >= 15 is 0 Å². The molecular formula is C11H5Cl2FN2O5. The van der Waals surface area contributed by atoms with Gasteiger partial charge in [-0.25, -0.2) is 14.5 Å². The fourth-order valence-electron chi connectivity index (χ4n) is 1.20. The number of nitrogens with zero attached hydrogens (tertiary/aromatic N) is 2. The highest BCUT2D eigenvalue weighted by molar-refractivity contribution is 6.42. The molecule has 0 aromatic heterocycles. The van der Waals surface area contributed by atoms with Crippen LogP contribution in [0.3, 0.4) is 0 Å². The van der Waals surface area contributed by atoms with Gasteiger partial charge in [-0.1, -0.05) is 28.4 Å².